The fraction of sp³-hybridized carbons (Fsp3) is 1.00. The Morgan fingerprint density at radius 2 is 2.22 bits per heavy atom. The fourth-order valence-corrected chi connectivity index (χ4v) is 1.32. The second kappa shape index (κ2) is 6.43. The fourth-order valence-electron chi connectivity index (χ4n) is 0.687. The Morgan fingerprint density at radius 1 is 1.56 bits per heavy atom. The molecule has 0 saturated heterocycles. The van der Waals surface area contributed by atoms with E-state index in [1.807, 2.05) is 11.8 Å². The Morgan fingerprint density at radius 3 is 2.67 bits per heavy atom. The number of hydrogen-bond donors (Lipinski definition) is 0. The van der Waals surface area contributed by atoms with Crippen LogP contribution in [0, 0.1) is 5.92 Å². The highest BCUT2D eigenvalue weighted by Gasteiger charge is 1.98. The van der Waals surface area contributed by atoms with Gasteiger partial charge < -0.3 is 4.74 Å². The first-order valence-electron chi connectivity index (χ1n) is 3.29. The first kappa shape index (κ1) is 9.31. The van der Waals surface area contributed by atoms with E-state index in [-0.39, 0.29) is 0 Å². The molecule has 0 aromatic rings. The van der Waals surface area contributed by atoms with Gasteiger partial charge in [0.2, 0.25) is 0 Å². The molecular formula is C7H16OS. The molecule has 9 heavy (non-hydrogen) atoms. The second-order valence-electron chi connectivity index (χ2n) is 2.34. The Kier molecular flexibility index (Phi) is 6.65. The molecule has 56 valence electrons. The van der Waals surface area contributed by atoms with E-state index < -0.39 is 0 Å². The Bertz CT molecular complexity index is 56.9. The smallest absolute Gasteiger partial charge is 0.0488 e. The summed E-state index contributed by atoms with van der Waals surface area (Å²) in [6.07, 6.45) is 3.41. The van der Waals surface area contributed by atoms with Gasteiger partial charge in [0.05, 0.1) is 0 Å². The van der Waals surface area contributed by atoms with Crippen LogP contribution in [-0.4, -0.2) is 25.7 Å². The van der Waals surface area contributed by atoms with Gasteiger partial charge in [-0.1, -0.05) is 6.92 Å². The number of rotatable bonds is 5. The molecule has 0 bridgehead atoms. The first-order chi connectivity index (χ1) is 4.31. The van der Waals surface area contributed by atoms with E-state index in [9.17, 15) is 0 Å². The van der Waals surface area contributed by atoms with Gasteiger partial charge in [0.25, 0.3) is 0 Å². The van der Waals surface area contributed by atoms with Crippen molar-refractivity contribution in [1.82, 2.24) is 0 Å². The summed E-state index contributed by atoms with van der Waals surface area (Å²) in [5.74, 6) is 1.98. The van der Waals surface area contributed by atoms with Crippen LogP contribution >= 0.6 is 11.8 Å². The molecule has 0 spiro atoms. The van der Waals surface area contributed by atoms with Gasteiger partial charge in [0.15, 0.2) is 0 Å². The molecule has 1 nitrogen and oxygen atoms in total. The normalized spacial score (nSPS) is 13.7. The van der Waals surface area contributed by atoms with E-state index in [1.54, 1.807) is 7.11 Å². The van der Waals surface area contributed by atoms with Crippen LogP contribution in [0.25, 0.3) is 0 Å². The van der Waals surface area contributed by atoms with Crippen LogP contribution in [0.4, 0.5) is 0 Å². The molecular weight excluding hydrogens is 132 g/mol. The molecule has 0 rings (SSSR count). The third-order valence-corrected chi connectivity index (χ3v) is 1.91. The van der Waals surface area contributed by atoms with Gasteiger partial charge in [-0.25, -0.2) is 0 Å². The van der Waals surface area contributed by atoms with Crippen LogP contribution in [0.3, 0.4) is 0 Å². The molecule has 0 aromatic heterocycles. The Balaban J connectivity index is 2.95. The van der Waals surface area contributed by atoms with Crippen LogP contribution in [0.15, 0.2) is 0 Å². The summed E-state index contributed by atoms with van der Waals surface area (Å²) >= 11 is 1.90. The van der Waals surface area contributed by atoms with Crippen molar-refractivity contribution in [2.75, 3.05) is 25.7 Å². The van der Waals surface area contributed by atoms with Crippen molar-refractivity contribution >= 4 is 11.8 Å². The third-order valence-electron chi connectivity index (χ3n) is 1.27. The molecule has 1 atom stereocenters. The van der Waals surface area contributed by atoms with Crippen molar-refractivity contribution in [3.05, 3.63) is 0 Å². The minimum atomic E-state index is 0.724. The summed E-state index contributed by atoms with van der Waals surface area (Å²) in [4.78, 5) is 0. The lowest BCUT2D eigenvalue weighted by molar-refractivity contribution is 0.158. The van der Waals surface area contributed by atoms with Crippen molar-refractivity contribution in [2.24, 2.45) is 5.92 Å². The predicted molar refractivity (Wildman–Crippen MR) is 44.0 cm³/mol. The highest BCUT2D eigenvalue weighted by atomic mass is 32.2. The lowest BCUT2D eigenvalue weighted by atomic mass is 10.1. The molecule has 0 aliphatic rings. The molecule has 0 fully saturated rings. The Labute approximate surface area is 62.2 Å². The molecule has 1 unspecified atom stereocenters. The molecule has 2 heteroatoms. The summed E-state index contributed by atoms with van der Waals surface area (Å²) in [6.45, 7) is 3.13. The Hall–Kier alpha value is 0.310. The number of ether oxygens (including phenoxy) is 1. The standard InChI is InChI=1S/C7H16OS/c1-7(6-8-2)4-5-9-3/h7H,4-6H2,1-3H3. The largest absolute Gasteiger partial charge is 0.384 e. The number of methoxy groups -OCH3 is 1. The van der Waals surface area contributed by atoms with E-state index >= 15 is 0 Å². The molecule has 0 heterocycles. The SMILES string of the molecule is COCC(C)CCSC. The zero-order valence-electron chi connectivity index (χ0n) is 6.52. The summed E-state index contributed by atoms with van der Waals surface area (Å²) in [6, 6.07) is 0. The molecule has 0 radical (unpaired) electrons. The van der Waals surface area contributed by atoms with Crippen molar-refractivity contribution in [2.45, 2.75) is 13.3 Å². The molecule has 0 aromatic carbocycles. The third kappa shape index (κ3) is 6.19. The summed E-state index contributed by atoms with van der Waals surface area (Å²) in [5, 5.41) is 0. The van der Waals surface area contributed by atoms with Crippen LogP contribution in [0.1, 0.15) is 13.3 Å². The van der Waals surface area contributed by atoms with Crippen molar-refractivity contribution < 1.29 is 4.74 Å². The highest BCUT2D eigenvalue weighted by molar-refractivity contribution is 7.98. The second-order valence-corrected chi connectivity index (χ2v) is 3.33. The van der Waals surface area contributed by atoms with Crippen molar-refractivity contribution in [1.29, 1.82) is 0 Å². The maximum atomic E-state index is 4.99. The average Bonchev–Trinajstić information content (AvgIpc) is 1.85. The van der Waals surface area contributed by atoms with Gasteiger partial charge in [0, 0.05) is 13.7 Å². The van der Waals surface area contributed by atoms with Gasteiger partial charge in [-0.05, 0) is 24.3 Å². The molecule has 0 N–H and O–H groups in total. The van der Waals surface area contributed by atoms with Gasteiger partial charge in [-0.15, -0.1) is 0 Å². The summed E-state index contributed by atoms with van der Waals surface area (Å²) < 4.78 is 4.99. The average molecular weight is 148 g/mol. The zero-order chi connectivity index (χ0) is 7.11. The first-order valence-corrected chi connectivity index (χ1v) is 4.68. The quantitative estimate of drug-likeness (QED) is 0.590. The van der Waals surface area contributed by atoms with Crippen molar-refractivity contribution in [3.8, 4) is 0 Å². The minimum Gasteiger partial charge on any atom is -0.384 e. The molecule has 0 amide bonds. The topological polar surface area (TPSA) is 9.23 Å². The van der Waals surface area contributed by atoms with E-state index in [0.717, 1.165) is 12.5 Å². The van der Waals surface area contributed by atoms with Crippen LogP contribution < -0.4 is 0 Å². The number of thioether (sulfide) groups is 1. The number of hydrogen-bond acceptors (Lipinski definition) is 2. The maximum absolute atomic E-state index is 4.99. The van der Waals surface area contributed by atoms with E-state index in [0.29, 0.717) is 0 Å². The van der Waals surface area contributed by atoms with Crippen LogP contribution in [0.2, 0.25) is 0 Å². The summed E-state index contributed by atoms with van der Waals surface area (Å²) in [7, 11) is 1.76. The minimum absolute atomic E-state index is 0.724. The van der Waals surface area contributed by atoms with E-state index in [1.165, 1.54) is 12.2 Å². The predicted octanol–water partition coefficient (Wildman–Crippen LogP) is 2.02. The monoisotopic (exact) mass is 148 g/mol. The summed E-state index contributed by atoms with van der Waals surface area (Å²) in [5.41, 5.74) is 0. The van der Waals surface area contributed by atoms with Gasteiger partial charge in [0.1, 0.15) is 0 Å². The molecule has 0 aliphatic carbocycles. The van der Waals surface area contributed by atoms with Gasteiger partial charge in [-0.3, -0.25) is 0 Å². The lowest BCUT2D eigenvalue weighted by Crippen LogP contribution is -2.03. The van der Waals surface area contributed by atoms with Gasteiger partial charge >= 0.3 is 0 Å². The molecule has 0 aliphatic heterocycles. The van der Waals surface area contributed by atoms with E-state index in [2.05, 4.69) is 13.2 Å². The maximum Gasteiger partial charge on any atom is 0.0488 e. The van der Waals surface area contributed by atoms with Crippen molar-refractivity contribution in [3.63, 3.8) is 0 Å². The lowest BCUT2D eigenvalue weighted by Gasteiger charge is -2.07. The van der Waals surface area contributed by atoms with Gasteiger partial charge in [-0.2, -0.15) is 11.8 Å². The van der Waals surface area contributed by atoms with E-state index in [4.69, 9.17) is 4.74 Å². The van der Waals surface area contributed by atoms with Crippen LogP contribution in [-0.2, 0) is 4.74 Å². The highest BCUT2D eigenvalue weighted by Crippen LogP contribution is 2.06. The zero-order valence-corrected chi connectivity index (χ0v) is 7.33. The molecule has 0 saturated carbocycles. The van der Waals surface area contributed by atoms with Crippen LogP contribution in [0.5, 0.6) is 0 Å².